The highest BCUT2D eigenvalue weighted by Crippen LogP contribution is 2.28. The summed E-state index contributed by atoms with van der Waals surface area (Å²) in [5, 5.41) is 13.2. The molecule has 8 heteroatoms. The Morgan fingerprint density at radius 1 is 1.35 bits per heavy atom. The van der Waals surface area contributed by atoms with Gasteiger partial charge in [-0.3, -0.25) is 4.79 Å². The number of hydrogen-bond acceptors (Lipinski definition) is 5. The Bertz CT molecular complexity index is 616. The molecule has 0 unspecified atom stereocenters. The number of alkyl halides is 2. The molecule has 3 atom stereocenters. The third-order valence-corrected chi connectivity index (χ3v) is 4.98. The van der Waals surface area contributed by atoms with Crippen LogP contribution in [0.25, 0.3) is 0 Å². The van der Waals surface area contributed by atoms with E-state index in [0.717, 1.165) is 0 Å². The summed E-state index contributed by atoms with van der Waals surface area (Å²) in [7, 11) is 1.55. The van der Waals surface area contributed by atoms with Crippen LogP contribution in [0.5, 0.6) is 5.75 Å². The van der Waals surface area contributed by atoms with E-state index in [-0.39, 0.29) is 38.4 Å². The number of carbonyl (C=O) groups excluding carboxylic acids is 1. The van der Waals surface area contributed by atoms with Crippen molar-refractivity contribution in [2.45, 2.75) is 37.0 Å². The van der Waals surface area contributed by atoms with Gasteiger partial charge in [0.1, 0.15) is 11.9 Å². The molecule has 0 radical (unpaired) electrons. The molecule has 0 aliphatic carbocycles. The first-order valence-electron chi connectivity index (χ1n) is 8.73. The molecule has 2 saturated heterocycles. The number of benzene rings is 1. The summed E-state index contributed by atoms with van der Waals surface area (Å²) in [6, 6.07) is 6.13. The normalized spacial score (nSPS) is 28.7. The average molecular weight is 370 g/mol. The van der Waals surface area contributed by atoms with E-state index in [1.807, 2.05) is 4.90 Å². The largest absolute Gasteiger partial charge is 0.497 e. The number of ether oxygens (including phenoxy) is 2. The Morgan fingerprint density at radius 3 is 2.62 bits per heavy atom. The van der Waals surface area contributed by atoms with E-state index in [1.165, 1.54) is 0 Å². The van der Waals surface area contributed by atoms with Gasteiger partial charge in [-0.1, -0.05) is 0 Å². The molecule has 1 aromatic carbocycles. The van der Waals surface area contributed by atoms with E-state index in [0.29, 0.717) is 17.9 Å². The van der Waals surface area contributed by atoms with E-state index in [2.05, 4.69) is 5.32 Å². The number of aliphatic hydroxyl groups excluding tert-OH is 1. The molecule has 1 aromatic rings. The van der Waals surface area contributed by atoms with Gasteiger partial charge in [0, 0.05) is 38.0 Å². The third-order valence-electron chi connectivity index (χ3n) is 4.98. The number of nitrogens with zero attached hydrogens (tertiary/aromatic N) is 1. The number of hydrogen-bond donors (Lipinski definition) is 2. The highest BCUT2D eigenvalue weighted by molar-refractivity contribution is 5.94. The van der Waals surface area contributed by atoms with Gasteiger partial charge in [0.05, 0.1) is 25.9 Å². The summed E-state index contributed by atoms with van der Waals surface area (Å²) in [5.41, 5.74) is 0.458. The van der Waals surface area contributed by atoms with Crippen LogP contribution in [0.15, 0.2) is 24.3 Å². The zero-order chi connectivity index (χ0) is 18.7. The quantitative estimate of drug-likeness (QED) is 0.817. The molecule has 2 aliphatic heterocycles. The number of halogens is 2. The SMILES string of the molecule is COc1ccc(C(=O)N[C@H]2CO[C@@H](CN3CCC(F)(F)CC3)[C@@H]2O)cc1. The molecule has 2 fully saturated rings. The van der Waals surface area contributed by atoms with Gasteiger partial charge >= 0.3 is 0 Å². The predicted molar refractivity (Wildman–Crippen MR) is 90.6 cm³/mol. The van der Waals surface area contributed by atoms with Crippen molar-refractivity contribution in [1.29, 1.82) is 0 Å². The van der Waals surface area contributed by atoms with Crippen molar-refractivity contribution in [3.8, 4) is 5.75 Å². The lowest BCUT2D eigenvalue weighted by atomic mass is 10.0. The van der Waals surface area contributed by atoms with Gasteiger partial charge in [-0.05, 0) is 24.3 Å². The number of carbonyl (C=O) groups is 1. The van der Waals surface area contributed by atoms with Crippen molar-refractivity contribution in [3.63, 3.8) is 0 Å². The van der Waals surface area contributed by atoms with Crippen LogP contribution in [0.1, 0.15) is 23.2 Å². The number of nitrogens with one attached hydrogen (secondary N) is 1. The fraction of sp³-hybridized carbons (Fsp3) is 0.611. The van der Waals surface area contributed by atoms with E-state index >= 15 is 0 Å². The summed E-state index contributed by atoms with van der Waals surface area (Å²) in [6.45, 7) is 1.13. The Morgan fingerprint density at radius 2 is 2.00 bits per heavy atom. The van der Waals surface area contributed by atoms with Gasteiger partial charge in [0.25, 0.3) is 11.8 Å². The lowest BCUT2D eigenvalue weighted by Crippen LogP contribution is -2.48. The molecule has 2 aliphatic rings. The first-order valence-corrected chi connectivity index (χ1v) is 8.73. The van der Waals surface area contributed by atoms with Gasteiger partial charge in [-0.2, -0.15) is 0 Å². The van der Waals surface area contributed by atoms with Crippen LogP contribution in [-0.4, -0.2) is 73.4 Å². The Kier molecular flexibility index (Phi) is 5.74. The van der Waals surface area contributed by atoms with Crippen molar-refractivity contribution < 1.29 is 28.2 Å². The van der Waals surface area contributed by atoms with Gasteiger partial charge in [0.2, 0.25) is 0 Å². The molecule has 0 saturated carbocycles. The fourth-order valence-corrected chi connectivity index (χ4v) is 3.28. The second kappa shape index (κ2) is 7.85. The highest BCUT2D eigenvalue weighted by atomic mass is 19.3. The van der Waals surface area contributed by atoms with Crippen molar-refractivity contribution in [2.75, 3.05) is 33.4 Å². The zero-order valence-electron chi connectivity index (χ0n) is 14.7. The second-order valence-corrected chi connectivity index (χ2v) is 6.83. The van der Waals surface area contributed by atoms with Crippen LogP contribution in [0.3, 0.4) is 0 Å². The maximum absolute atomic E-state index is 13.2. The van der Waals surface area contributed by atoms with Gasteiger partial charge in [0.15, 0.2) is 0 Å². The van der Waals surface area contributed by atoms with Crippen LogP contribution >= 0.6 is 0 Å². The molecule has 2 N–H and O–H groups in total. The molecule has 2 heterocycles. The zero-order valence-corrected chi connectivity index (χ0v) is 14.7. The topological polar surface area (TPSA) is 71.0 Å². The van der Waals surface area contributed by atoms with E-state index < -0.39 is 24.2 Å². The summed E-state index contributed by atoms with van der Waals surface area (Å²) in [5.74, 6) is -2.25. The molecule has 26 heavy (non-hydrogen) atoms. The van der Waals surface area contributed by atoms with Crippen molar-refractivity contribution in [2.24, 2.45) is 0 Å². The van der Waals surface area contributed by atoms with E-state index in [4.69, 9.17) is 9.47 Å². The maximum atomic E-state index is 13.2. The minimum absolute atomic E-state index is 0.173. The molecule has 144 valence electrons. The smallest absolute Gasteiger partial charge is 0.251 e. The van der Waals surface area contributed by atoms with Crippen LogP contribution < -0.4 is 10.1 Å². The van der Waals surface area contributed by atoms with Crippen molar-refractivity contribution in [1.82, 2.24) is 10.2 Å². The first-order chi connectivity index (χ1) is 12.4. The third kappa shape index (κ3) is 4.49. The molecule has 6 nitrogen and oxygen atoms in total. The standard InChI is InChI=1S/C18H24F2N2O4/c1-25-13-4-2-12(3-5-13)17(24)21-14-11-26-15(16(14)23)10-22-8-6-18(19,20)7-9-22/h2-5,14-16,23H,6-11H2,1H3,(H,21,24)/t14-,15-,16+/m0/s1. The Hall–Kier alpha value is -1.77. The summed E-state index contributed by atoms with van der Waals surface area (Å²) in [6.07, 6.45) is -1.72. The fourth-order valence-electron chi connectivity index (χ4n) is 3.28. The molecular weight excluding hydrogens is 346 g/mol. The second-order valence-electron chi connectivity index (χ2n) is 6.83. The number of rotatable bonds is 5. The Balaban J connectivity index is 1.50. The monoisotopic (exact) mass is 370 g/mol. The maximum Gasteiger partial charge on any atom is 0.251 e. The molecule has 1 amide bonds. The van der Waals surface area contributed by atoms with Crippen LogP contribution in [-0.2, 0) is 4.74 Å². The minimum Gasteiger partial charge on any atom is -0.497 e. The van der Waals surface area contributed by atoms with E-state index in [9.17, 15) is 18.7 Å². The number of likely N-dealkylation sites (tertiary alicyclic amines) is 1. The highest BCUT2D eigenvalue weighted by Gasteiger charge is 2.40. The van der Waals surface area contributed by atoms with Gasteiger partial charge in [-0.25, -0.2) is 8.78 Å². The molecule has 0 spiro atoms. The summed E-state index contributed by atoms with van der Waals surface area (Å²) >= 11 is 0. The molecule has 0 aromatic heterocycles. The average Bonchev–Trinajstić information content (AvgIpc) is 2.97. The van der Waals surface area contributed by atoms with Crippen LogP contribution in [0.2, 0.25) is 0 Å². The number of piperidine rings is 1. The van der Waals surface area contributed by atoms with Gasteiger partial charge in [-0.15, -0.1) is 0 Å². The number of aliphatic hydroxyl groups is 1. The van der Waals surface area contributed by atoms with E-state index in [1.54, 1.807) is 31.4 Å². The lowest BCUT2D eigenvalue weighted by molar-refractivity contribution is -0.0674. The van der Waals surface area contributed by atoms with Crippen LogP contribution in [0, 0.1) is 0 Å². The summed E-state index contributed by atoms with van der Waals surface area (Å²) in [4.78, 5) is 14.2. The molecular formula is C18H24F2N2O4. The lowest BCUT2D eigenvalue weighted by Gasteiger charge is -2.33. The minimum atomic E-state index is -2.60. The number of methoxy groups -OCH3 is 1. The molecule has 0 bridgehead atoms. The summed E-state index contributed by atoms with van der Waals surface area (Å²) < 4.78 is 37.1. The predicted octanol–water partition coefficient (Wildman–Crippen LogP) is 1.28. The van der Waals surface area contributed by atoms with Gasteiger partial charge < -0.3 is 24.8 Å². The van der Waals surface area contributed by atoms with Crippen LogP contribution in [0.4, 0.5) is 8.78 Å². The Labute approximate surface area is 151 Å². The number of amides is 1. The first kappa shape index (κ1) is 19.0. The van der Waals surface area contributed by atoms with Crippen molar-refractivity contribution in [3.05, 3.63) is 29.8 Å². The molecule has 3 rings (SSSR count). The van der Waals surface area contributed by atoms with Crippen molar-refractivity contribution >= 4 is 5.91 Å².